The van der Waals surface area contributed by atoms with Crippen molar-refractivity contribution in [3.8, 4) is 11.6 Å². The zero-order valence-electron chi connectivity index (χ0n) is 13.7. The molecule has 1 N–H and O–H groups in total. The highest BCUT2D eigenvalue weighted by Gasteiger charge is 2.25. The zero-order chi connectivity index (χ0) is 16.4. The number of aromatic amines is 1. The predicted octanol–water partition coefficient (Wildman–Crippen LogP) is 2.85. The molecule has 0 radical (unpaired) electrons. The van der Waals surface area contributed by atoms with Gasteiger partial charge in [-0.25, -0.2) is 0 Å². The Kier molecular flexibility index (Phi) is 4.26. The number of carbonyl (C=O) groups excluding carboxylic acids is 1. The van der Waals surface area contributed by atoms with Crippen LogP contribution >= 0.6 is 0 Å². The van der Waals surface area contributed by atoms with Gasteiger partial charge in [-0.1, -0.05) is 30.3 Å². The van der Waals surface area contributed by atoms with Crippen LogP contribution in [0.5, 0.6) is 11.6 Å². The number of ketones is 1. The quantitative estimate of drug-likeness (QED) is 0.859. The van der Waals surface area contributed by atoms with Gasteiger partial charge in [0.25, 0.3) is 0 Å². The SMILES string of the molecule is O=C(CCN1CCC(c2ccccc2)C1)c1cc2c([nH]1)OCCO2. The molecule has 2 aromatic rings. The first-order chi connectivity index (χ1) is 11.8. The van der Waals surface area contributed by atoms with Gasteiger partial charge in [-0.3, -0.25) is 4.79 Å². The second-order valence-electron chi connectivity index (χ2n) is 6.44. The molecule has 0 aliphatic carbocycles. The monoisotopic (exact) mass is 326 g/mol. The van der Waals surface area contributed by atoms with Crippen LogP contribution in [0.2, 0.25) is 0 Å². The number of likely N-dealkylation sites (tertiary alicyclic amines) is 1. The number of ether oxygens (including phenoxy) is 2. The molecule has 0 spiro atoms. The fourth-order valence-corrected chi connectivity index (χ4v) is 3.50. The Hall–Kier alpha value is -2.27. The molecule has 2 aliphatic rings. The number of Topliss-reactive ketones (excluding diaryl/α,β-unsaturated/α-hetero) is 1. The lowest BCUT2D eigenvalue weighted by atomic mass is 9.99. The molecule has 1 aromatic carbocycles. The van der Waals surface area contributed by atoms with Crippen molar-refractivity contribution in [1.82, 2.24) is 9.88 Å². The third-order valence-corrected chi connectivity index (χ3v) is 4.83. The van der Waals surface area contributed by atoms with E-state index in [9.17, 15) is 4.79 Å². The number of nitrogens with one attached hydrogen (secondary N) is 1. The van der Waals surface area contributed by atoms with E-state index >= 15 is 0 Å². The number of fused-ring (bicyclic) bond motifs is 1. The van der Waals surface area contributed by atoms with E-state index in [1.165, 1.54) is 5.56 Å². The van der Waals surface area contributed by atoms with Crippen LogP contribution < -0.4 is 9.47 Å². The summed E-state index contributed by atoms with van der Waals surface area (Å²) in [5.74, 6) is 1.92. The van der Waals surface area contributed by atoms with E-state index in [1.54, 1.807) is 6.07 Å². The molecule has 5 nitrogen and oxygen atoms in total. The van der Waals surface area contributed by atoms with Crippen LogP contribution in [-0.2, 0) is 0 Å². The van der Waals surface area contributed by atoms with E-state index in [0.717, 1.165) is 26.1 Å². The molecule has 126 valence electrons. The Labute approximate surface area is 141 Å². The number of aromatic nitrogens is 1. The number of benzene rings is 1. The lowest BCUT2D eigenvalue weighted by molar-refractivity contribution is 0.0963. The summed E-state index contributed by atoms with van der Waals surface area (Å²) in [6.07, 6.45) is 1.68. The molecular weight excluding hydrogens is 304 g/mol. The molecule has 4 rings (SSSR count). The zero-order valence-corrected chi connectivity index (χ0v) is 13.7. The summed E-state index contributed by atoms with van der Waals surface area (Å²) in [6, 6.07) is 12.4. The minimum Gasteiger partial charge on any atom is -0.484 e. The Morgan fingerprint density at radius 3 is 2.88 bits per heavy atom. The van der Waals surface area contributed by atoms with Crippen molar-refractivity contribution in [2.45, 2.75) is 18.8 Å². The van der Waals surface area contributed by atoms with E-state index < -0.39 is 0 Å². The fourth-order valence-electron chi connectivity index (χ4n) is 3.50. The Bertz CT molecular complexity index is 687. The minimum atomic E-state index is 0.111. The smallest absolute Gasteiger partial charge is 0.235 e. The standard InChI is InChI=1S/C19H22N2O3/c22-17(16-12-18-19(20-16)24-11-10-23-18)7-9-21-8-6-15(13-21)14-4-2-1-3-5-14/h1-5,12,15,20H,6-11,13H2. The number of hydrogen-bond donors (Lipinski definition) is 1. The van der Waals surface area contributed by atoms with Crippen molar-refractivity contribution in [2.75, 3.05) is 32.8 Å². The summed E-state index contributed by atoms with van der Waals surface area (Å²) >= 11 is 0. The van der Waals surface area contributed by atoms with Crippen LogP contribution in [0.25, 0.3) is 0 Å². The molecular formula is C19H22N2O3. The number of carbonyl (C=O) groups is 1. The van der Waals surface area contributed by atoms with Crippen LogP contribution in [-0.4, -0.2) is 48.5 Å². The molecule has 1 fully saturated rings. The minimum absolute atomic E-state index is 0.111. The van der Waals surface area contributed by atoms with Gasteiger partial charge in [0.1, 0.15) is 13.2 Å². The summed E-state index contributed by atoms with van der Waals surface area (Å²) in [5.41, 5.74) is 1.98. The van der Waals surface area contributed by atoms with E-state index in [-0.39, 0.29) is 5.78 Å². The average Bonchev–Trinajstić information content (AvgIpc) is 3.27. The third kappa shape index (κ3) is 3.17. The molecule has 3 heterocycles. The fraction of sp³-hybridized carbons (Fsp3) is 0.421. The van der Waals surface area contributed by atoms with Gasteiger partial charge in [-0.15, -0.1) is 0 Å². The van der Waals surface area contributed by atoms with Gasteiger partial charge in [0.15, 0.2) is 11.5 Å². The molecule has 0 saturated carbocycles. The number of H-pyrrole nitrogens is 1. The van der Waals surface area contributed by atoms with Crippen molar-refractivity contribution >= 4 is 5.78 Å². The van der Waals surface area contributed by atoms with Gasteiger partial charge in [0, 0.05) is 25.6 Å². The molecule has 5 heteroatoms. The highest BCUT2D eigenvalue weighted by Crippen LogP contribution is 2.31. The van der Waals surface area contributed by atoms with Gasteiger partial charge < -0.3 is 19.4 Å². The molecule has 0 bridgehead atoms. The Morgan fingerprint density at radius 2 is 2.04 bits per heavy atom. The van der Waals surface area contributed by atoms with E-state index in [1.807, 2.05) is 0 Å². The Balaban J connectivity index is 1.31. The molecule has 1 atom stereocenters. The topological polar surface area (TPSA) is 54.6 Å². The van der Waals surface area contributed by atoms with E-state index in [4.69, 9.17) is 9.47 Å². The second-order valence-corrected chi connectivity index (χ2v) is 6.44. The third-order valence-electron chi connectivity index (χ3n) is 4.83. The van der Waals surface area contributed by atoms with Gasteiger partial charge in [-0.05, 0) is 24.4 Å². The lowest BCUT2D eigenvalue weighted by Crippen LogP contribution is -2.23. The maximum absolute atomic E-state index is 12.4. The van der Waals surface area contributed by atoms with Crippen LogP contribution in [0.4, 0.5) is 0 Å². The Morgan fingerprint density at radius 1 is 1.21 bits per heavy atom. The number of rotatable bonds is 5. The molecule has 1 unspecified atom stereocenters. The average molecular weight is 326 g/mol. The van der Waals surface area contributed by atoms with E-state index in [2.05, 4.69) is 40.2 Å². The maximum atomic E-state index is 12.4. The predicted molar refractivity (Wildman–Crippen MR) is 91.0 cm³/mol. The summed E-state index contributed by atoms with van der Waals surface area (Å²) < 4.78 is 10.9. The van der Waals surface area contributed by atoms with Gasteiger partial charge >= 0.3 is 0 Å². The van der Waals surface area contributed by atoms with Crippen LogP contribution in [0, 0.1) is 0 Å². The highest BCUT2D eigenvalue weighted by atomic mass is 16.6. The van der Waals surface area contributed by atoms with Crippen LogP contribution in [0.1, 0.15) is 34.8 Å². The van der Waals surface area contributed by atoms with Gasteiger partial charge in [-0.2, -0.15) is 0 Å². The normalized spacial score (nSPS) is 20.2. The first-order valence-corrected chi connectivity index (χ1v) is 8.59. The van der Waals surface area contributed by atoms with Crippen LogP contribution in [0.15, 0.2) is 36.4 Å². The summed E-state index contributed by atoms with van der Waals surface area (Å²) in [7, 11) is 0. The summed E-state index contributed by atoms with van der Waals surface area (Å²) in [6.45, 7) is 3.95. The second kappa shape index (κ2) is 6.69. The molecule has 0 amide bonds. The number of hydrogen-bond acceptors (Lipinski definition) is 4. The molecule has 2 aliphatic heterocycles. The van der Waals surface area contributed by atoms with Gasteiger partial charge in [0.2, 0.25) is 5.88 Å². The maximum Gasteiger partial charge on any atom is 0.235 e. The molecule has 1 saturated heterocycles. The van der Waals surface area contributed by atoms with Crippen molar-refractivity contribution in [1.29, 1.82) is 0 Å². The number of nitrogens with zero attached hydrogens (tertiary/aromatic N) is 1. The highest BCUT2D eigenvalue weighted by molar-refractivity contribution is 5.95. The van der Waals surface area contributed by atoms with Crippen molar-refractivity contribution in [2.24, 2.45) is 0 Å². The first-order valence-electron chi connectivity index (χ1n) is 8.59. The largest absolute Gasteiger partial charge is 0.484 e. The molecule has 1 aromatic heterocycles. The lowest BCUT2D eigenvalue weighted by Gasteiger charge is -2.15. The molecule has 24 heavy (non-hydrogen) atoms. The summed E-state index contributed by atoms with van der Waals surface area (Å²) in [4.78, 5) is 17.8. The van der Waals surface area contributed by atoms with Crippen LogP contribution in [0.3, 0.4) is 0 Å². The first kappa shape index (κ1) is 15.3. The summed E-state index contributed by atoms with van der Waals surface area (Å²) in [5, 5.41) is 0. The van der Waals surface area contributed by atoms with Crippen molar-refractivity contribution < 1.29 is 14.3 Å². The van der Waals surface area contributed by atoms with Crippen molar-refractivity contribution in [3.63, 3.8) is 0 Å². The van der Waals surface area contributed by atoms with Crippen molar-refractivity contribution in [3.05, 3.63) is 47.7 Å². The van der Waals surface area contributed by atoms with E-state index in [0.29, 0.717) is 42.9 Å². The van der Waals surface area contributed by atoms with Gasteiger partial charge in [0.05, 0.1) is 5.69 Å².